The molecule has 1 amide bonds. The van der Waals surface area contributed by atoms with Crippen molar-refractivity contribution in [3.8, 4) is 0 Å². The molecule has 0 fully saturated rings. The van der Waals surface area contributed by atoms with Gasteiger partial charge in [-0.3, -0.25) is 18.7 Å². The molecule has 0 aliphatic rings. The molecule has 26 heavy (non-hydrogen) atoms. The molecule has 0 aliphatic heterocycles. The topological polar surface area (TPSA) is 86.0 Å². The number of nitrogens with zero attached hydrogens (tertiary/aromatic N) is 3. The third kappa shape index (κ3) is 3.57. The molecular weight excluding hydrogens is 359 g/mol. The molecule has 0 unspecified atom stereocenters. The Hall–Kier alpha value is -2.81. The summed E-state index contributed by atoms with van der Waals surface area (Å²) in [6.45, 7) is 3.75. The van der Waals surface area contributed by atoms with Gasteiger partial charge < -0.3 is 5.32 Å². The van der Waals surface area contributed by atoms with Crippen LogP contribution in [0.5, 0.6) is 0 Å². The monoisotopic (exact) mass is 376 g/mol. The van der Waals surface area contributed by atoms with Crippen LogP contribution in [-0.2, 0) is 17.9 Å². The number of nitrogens with one attached hydrogen (secondary N) is 1. The van der Waals surface area contributed by atoms with E-state index in [0.717, 1.165) is 16.1 Å². The van der Waals surface area contributed by atoms with Crippen molar-refractivity contribution in [2.24, 2.45) is 5.92 Å². The van der Waals surface area contributed by atoms with Gasteiger partial charge in [0.1, 0.15) is 12.4 Å². The smallest absolute Gasteiger partial charge is 0.325 e. The largest absolute Gasteiger partial charge is 0.332 e. The fourth-order valence-corrected chi connectivity index (χ4v) is 3.26. The Morgan fingerprint density at radius 2 is 1.92 bits per heavy atom. The van der Waals surface area contributed by atoms with Crippen LogP contribution in [0.2, 0.25) is 0 Å². The molecule has 3 rings (SSSR count). The first-order chi connectivity index (χ1) is 12.4. The van der Waals surface area contributed by atoms with Crippen LogP contribution in [0.25, 0.3) is 11.0 Å². The fraction of sp³-hybridized carbons (Fsp3) is 0.294. The first kappa shape index (κ1) is 18.0. The van der Waals surface area contributed by atoms with Crippen molar-refractivity contribution in [3.05, 3.63) is 56.3 Å². The number of hydrogen-bond acceptors (Lipinski definition) is 5. The van der Waals surface area contributed by atoms with E-state index < -0.39 is 23.0 Å². The van der Waals surface area contributed by atoms with Crippen LogP contribution in [0.15, 0.2) is 39.2 Å². The number of anilines is 1. The van der Waals surface area contributed by atoms with Gasteiger partial charge in [0.25, 0.3) is 5.56 Å². The van der Waals surface area contributed by atoms with Gasteiger partial charge in [0, 0.05) is 17.6 Å². The van der Waals surface area contributed by atoms with Gasteiger partial charge in [-0.15, -0.1) is 0 Å². The van der Waals surface area contributed by atoms with Crippen molar-refractivity contribution in [3.63, 3.8) is 0 Å². The molecule has 0 saturated heterocycles. The molecule has 0 spiro atoms. The van der Waals surface area contributed by atoms with E-state index in [9.17, 15) is 18.8 Å². The molecule has 0 aliphatic carbocycles. The minimum atomic E-state index is -0.550. The Balaban J connectivity index is 1.97. The van der Waals surface area contributed by atoms with Gasteiger partial charge in [-0.2, -0.15) is 4.37 Å². The minimum absolute atomic E-state index is 0.0815. The van der Waals surface area contributed by atoms with E-state index in [0.29, 0.717) is 11.2 Å². The van der Waals surface area contributed by atoms with E-state index >= 15 is 0 Å². The second kappa shape index (κ2) is 7.20. The summed E-state index contributed by atoms with van der Waals surface area (Å²) in [5.41, 5.74) is -0.0791. The maximum Gasteiger partial charge on any atom is 0.332 e. The maximum atomic E-state index is 13.0. The lowest BCUT2D eigenvalue weighted by atomic mass is 10.2. The quantitative estimate of drug-likeness (QED) is 0.738. The number of halogens is 1. The average molecular weight is 376 g/mol. The lowest BCUT2D eigenvalue weighted by Crippen LogP contribution is -2.42. The SMILES string of the molecule is CC(C)Cn1c(=O)c2nscc2n(CC(=O)Nc2ccc(F)cc2)c1=O. The van der Waals surface area contributed by atoms with Crippen molar-refractivity contribution in [1.82, 2.24) is 13.5 Å². The van der Waals surface area contributed by atoms with Crippen molar-refractivity contribution >= 4 is 34.2 Å². The molecule has 0 atom stereocenters. The Morgan fingerprint density at radius 1 is 1.23 bits per heavy atom. The molecule has 1 aromatic carbocycles. The number of carbonyl (C=O) groups excluding carboxylic acids is 1. The van der Waals surface area contributed by atoms with Crippen LogP contribution in [0, 0.1) is 11.7 Å². The highest BCUT2D eigenvalue weighted by molar-refractivity contribution is 7.04. The zero-order chi connectivity index (χ0) is 18.8. The van der Waals surface area contributed by atoms with Gasteiger partial charge in [0.05, 0.1) is 5.52 Å². The number of aromatic nitrogens is 3. The first-order valence-corrected chi connectivity index (χ1v) is 8.83. The summed E-state index contributed by atoms with van der Waals surface area (Å²) in [4.78, 5) is 37.5. The number of fused-ring (bicyclic) bond motifs is 1. The Kier molecular flexibility index (Phi) is 4.99. The summed E-state index contributed by atoms with van der Waals surface area (Å²) >= 11 is 1.05. The van der Waals surface area contributed by atoms with Crippen molar-refractivity contribution < 1.29 is 9.18 Å². The molecular formula is C17H17FN4O3S. The highest BCUT2D eigenvalue weighted by Crippen LogP contribution is 2.12. The minimum Gasteiger partial charge on any atom is -0.325 e. The third-order valence-corrected chi connectivity index (χ3v) is 4.35. The van der Waals surface area contributed by atoms with E-state index in [4.69, 9.17) is 0 Å². The molecule has 2 aromatic heterocycles. The molecule has 1 N–H and O–H groups in total. The summed E-state index contributed by atoms with van der Waals surface area (Å²) < 4.78 is 19.4. The van der Waals surface area contributed by atoms with E-state index in [1.165, 1.54) is 28.8 Å². The lowest BCUT2D eigenvalue weighted by Gasteiger charge is -2.13. The summed E-state index contributed by atoms with van der Waals surface area (Å²) in [6, 6.07) is 5.31. The molecule has 0 bridgehead atoms. The maximum absolute atomic E-state index is 13.0. The summed E-state index contributed by atoms with van der Waals surface area (Å²) in [5.74, 6) is -0.787. The first-order valence-electron chi connectivity index (χ1n) is 8.00. The number of carbonyl (C=O) groups is 1. The lowest BCUT2D eigenvalue weighted by molar-refractivity contribution is -0.116. The van der Waals surface area contributed by atoms with Crippen LogP contribution in [0.4, 0.5) is 10.1 Å². The van der Waals surface area contributed by atoms with E-state index in [-0.39, 0.29) is 24.5 Å². The van der Waals surface area contributed by atoms with Gasteiger partial charge in [-0.05, 0) is 41.7 Å². The predicted octanol–water partition coefficient (Wildman–Crippen LogP) is 2.05. The number of amides is 1. The van der Waals surface area contributed by atoms with Crippen molar-refractivity contribution in [1.29, 1.82) is 0 Å². The molecule has 0 radical (unpaired) electrons. The van der Waals surface area contributed by atoms with Gasteiger partial charge in [-0.1, -0.05) is 13.8 Å². The zero-order valence-electron chi connectivity index (χ0n) is 14.2. The van der Waals surface area contributed by atoms with Gasteiger partial charge in [-0.25, -0.2) is 9.18 Å². The van der Waals surface area contributed by atoms with Crippen LogP contribution in [-0.4, -0.2) is 19.4 Å². The summed E-state index contributed by atoms with van der Waals surface area (Å²) in [6.07, 6.45) is 0. The van der Waals surface area contributed by atoms with Gasteiger partial charge >= 0.3 is 5.69 Å². The third-order valence-electron chi connectivity index (χ3n) is 3.73. The van der Waals surface area contributed by atoms with E-state index in [1.807, 2.05) is 13.8 Å². The summed E-state index contributed by atoms with van der Waals surface area (Å²) in [5, 5.41) is 4.18. The molecule has 9 heteroatoms. The number of rotatable bonds is 5. The second-order valence-electron chi connectivity index (χ2n) is 6.28. The summed E-state index contributed by atoms with van der Waals surface area (Å²) in [7, 11) is 0. The highest BCUT2D eigenvalue weighted by atomic mass is 32.1. The van der Waals surface area contributed by atoms with Gasteiger partial charge in [0.2, 0.25) is 5.91 Å². The molecule has 136 valence electrons. The highest BCUT2D eigenvalue weighted by Gasteiger charge is 2.18. The average Bonchev–Trinajstić information content (AvgIpc) is 3.07. The van der Waals surface area contributed by atoms with Crippen LogP contribution < -0.4 is 16.6 Å². The van der Waals surface area contributed by atoms with E-state index in [1.54, 1.807) is 5.38 Å². The standard InChI is InChI=1S/C17H17FN4O3S/c1-10(2)7-22-16(24)15-13(9-26-20-15)21(17(22)25)8-14(23)19-12-5-3-11(18)4-6-12/h3-6,9-10H,7-8H2,1-2H3,(H,19,23). The second-order valence-corrected chi connectivity index (χ2v) is 6.91. The van der Waals surface area contributed by atoms with Crippen LogP contribution in [0.1, 0.15) is 13.8 Å². The van der Waals surface area contributed by atoms with E-state index in [2.05, 4.69) is 9.69 Å². The van der Waals surface area contributed by atoms with Crippen LogP contribution >= 0.6 is 11.5 Å². The molecule has 2 heterocycles. The van der Waals surface area contributed by atoms with Crippen molar-refractivity contribution in [2.45, 2.75) is 26.9 Å². The number of benzene rings is 1. The molecule has 7 nitrogen and oxygen atoms in total. The van der Waals surface area contributed by atoms with Gasteiger partial charge in [0.15, 0.2) is 5.52 Å². The normalized spacial score (nSPS) is 11.2. The molecule has 0 saturated carbocycles. The predicted molar refractivity (Wildman–Crippen MR) is 98.0 cm³/mol. The van der Waals surface area contributed by atoms with Crippen LogP contribution in [0.3, 0.4) is 0 Å². The number of hydrogen-bond donors (Lipinski definition) is 1. The Labute approximate surface area is 151 Å². The van der Waals surface area contributed by atoms with Crippen molar-refractivity contribution in [2.75, 3.05) is 5.32 Å². The Morgan fingerprint density at radius 3 is 2.58 bits per heavy atom. The zero-order valence-corrected chi connectivity index (χ0v) is 15.0. The Bertz CT molecular complexity index is 1070. The molecule has 3 aromatic rings. The fourth-order valence-electron chi connectivity index (χ4n) is 2.59.